The third-order valence-corrected chi connectivity index (χ3v) is 4.11. The van der Waals surface area contributed by atoms with Crippen LogP contribution in [0.3, 0.4) is 0 Å². The van der Waals surface area contributed by atoms with Gasteiger partial charge in [0.15, 0.2) is 0 Å². The number of para-hydroxylation sites is 1. The number of nitrogens with one attached hydrogen (secondary N) is 1. The number of carbonyl (C=O) groups is 1. The van der Waals surface area contributed by atoms with Gasteiger partial charge < -0.3 is 10.1 Å². The Hall–Kier alpha value is -1.94. The number of thioether (sulfide) groups is 1. The van der Waals surface area contributed by atoms with Gasteiger partial charge in [0.05, 0.1) is 18.7 Å². The van der Waals surface area contributed by atoms with Gasteiger partial charge in [0.25, 0.3) is 0 Å². The molecule has 2 rings (SSSR count). The molecule has 2 aromatic carbocycles. The molecule has 4 heteroatoms. The van der Waals surface area contributed by atoms with Crippen LogP contribution >= 0.6 is 11.8 Å². The second kappa shape index (κ2) is 7.90. The van der Waals surface area contributed by atoms with Crippen molar-refractivity contribution in [1.82, 2.24) is 0 Å². The molecule has 0 aliphatic rings. The first-order chi connectivity index (χ1) is 10.6. The normalized spacial score (nSPS) is 10.3. The highest BCUT2D eigenvalue weighted by molar-refractivity contribution is 7.98. The van der Waals surface area contributed by atoms with Crippen LogP contribution in [0.5, 0.6) is 5.75 Å². The van der Waals surface area contributed by atoms with E-state index in [9.17, 15) is 4.79 Å². The highest BCUT2D eigenvalue weighted by Crippen LogP contribution is 2.24. The summed E-state index contributed by atoms with van der Waals surface area (Å²) in [5, 5.41) is 2.93. The zero-order valence-corrected chi connectivity index (χ0v) is 14.0. The summed E-state index contributed by atoms with van der Waals surface area (Å²) in [7, 11) is 0. The molecular formula is C18H21NO2S. The summed E-state index contributed by atoms with van der Waals surface area (Å²) in [5.41, 5.74) is 3.09. The molecule has 22 heavy (non-hydrogen) atoms. The number of amides is 1. The number of aryl methyl sites for hydroxylation is 2. The van der Waals surface area contributed by atoms with Gasteiger partial charge in [0, 0.05) is 4.90 Å². The monoisotopic (exact) mass is 315 g/mol. The van der Waals surface area contributed by atoms with E-state index in [0.717, 1.165) is 27.5 Å². The minimum absolute atomic E-state index is 0.0354. The molecule has 3 nitrogen and oxygen atoms in total. The average molecular weight is 315 g/mol. The SMILES string of the molecule is CSc1ccccc1NC(=O)CCOc1cc(C)ccc1C. The molecule has 0 saturated carbocycles. The Labute approximate surface area is 136 Å². The summed E-state index contributed by atoms with van der Waals surface area (Å²) in [6.07, 6.45) is 2.32. The van der Waals surface area contributed by atoms with Crippen LogP contribution in [0, 0.1) is 13.8 Å². The van der Waals surface area contributed by atoms with Crippen molar-refractivity contribution in [2.75, 3.05) is 18.2 Å². The molecule has 0 atom stereocenters. The van der Waals surface area contributed by atoms with Gasteiger partial charge in [-0.05, 0) is 49.4 Å². The van der Waals surface area contributed by atoms with Gasteiger partial charge in [-0.15, -0.1) is 11.8 Å². The molecule has 0 saturated heterocycles. The van der Waals surface area contributed by atoms with Crippen LogP contribution in [-0.4, -0.2) is 18.8 Å². The molecule has 0 aliphatic heterocycles. The Bertz CT molecular complexity index is 655. The van der Waals surface area contributed by atoms with Gasteiger partial charge in [0.2, 0.25) is 5.91 Å². The quantitative estimate of drug-likeness (QED) is 0.801. The van der Waals surface area contributed by atoms with E-state index < -0.39 is 0 Å². The Morgan fingerprint density at radius 2 is 1.95 bits per heavy atom. The first-order valence-corrected chi connectivity index (χ1v) is 8.45. The fourth-order valence-electron chi connectivity index (χ4n) is 2.08. The van der Waals surface area contributed by atoms with Crippen molar-refractivity contribution in [3.05, 3.63) is 53.6 Å². The Balaban J connectivity index is 1.87. The largest absolute Gasteiger partial charge is 0.493 e. The van der Waals surface area contributed by atoms with Crippen molar-refractivity contribution in [3.8, 4) is 5.75 Å². The van der Waals surface area contributed by atoms with E-state index in [1.165, 1.54) is 0 Å². The van der Waals surface area contributed by atoms with E-state index in [1.54, 1.807) is 11.8 Å². The van der Waals surface area contributed by atoms with Gasteiger partial charge in [-0.3, -0.25) is 4.79 Å². The van der Waals surface area contributed by atoms with Crippen LogP contribution < -0.4 is 10.1 Å². The number of anilines is 1. The summed E-state index contributed by atoms with van der Waals surface area (Å²) in [5.74, 6) is 0.809. The van der Waals surface area contributed by atoms with Crippen molar-refractivity contribution >= 4 is 23.4 Å². The van der Waals surface area contributed by atoms with Crippen molar-refractivity contribution in [1.29, 1.82) is 0 Å². The average Bonchev–Trinajstić information content (AvgIpc) is 2.51. The molecule has 0 spiro atoms. The summed E-state index contributed by atoms with van der Waals surface area (Å²) in [4.78, 5) is 13.1. The first kappa shape index (κ1) is 16.4. The van der Waals surface area contributed by atoms with Gasteiger partial charge >= 0.3 is 0 Å². The molecule has 0 radical (unpaired) electrons. The van der Waals surface area contributed by atoms with Gasteiger partial charge in [0.1, 0.15) is 5.75 Å². The zero-order chi connectivity index (χ0) is 15.9. The molecule has 2 aromatic rings. The fraction of sp³-hybridized carbons (Fsp3) is 0.278. The third kappa shape index (κ3) is 4.53. The summed E-state index contributed by atoms with van der Waals surface area (Å²) in [6, 6.07) is 13.9. The molecular weight excluding hydrogens is 294 g/mol. The van der Waals surface area contributed by atoms with Crippen LogP contribution in [0.15, 0.2) is 47.4 Å². The fourth-order valence-corrected chi connectivity index (χ4v) is 2.63. The second-order valence-corrected chi connectivity index (χ2v) is 5.96. The van der Waals surface area contributed by atoms with E-state index >= 15 is 0 Å². The van der Waals surface area contributed by atoms with E-state index in [1.807, 2.05) is 62.6 Å². The molecule has 1 N–H and O–H groups in total. The minimum Gasteiger partial charge on any atom is -0.493 e. The van der Waals surface area contributed by atoms with Crippen LogP contribution in [0.25, 0.3) is 0 Å². The lowest BCUT2D eigenvalue weighted by atomic mass is 10.1. The zero-order valence-electron chi connectivity index (χ0n) is 13.2. The van der Waals surface area contributed by atoms with Gasteiger partial charge in [-0.2, -0.15) is 0 Å². The number of rotatable bonds is 6. The van der Waals surface area contributed by atoms with E-state index in [4.69, 9.17) is 4.74 Å². The predicted octanol–water partition coefficient (Wildman–Crippen LogP) is 4.43. The maximum absolute atomic E-state index is 12.0. The van der Waals surface area contributed by atoms with Gasteiger partial charge in [-0.25, -0.2) is 0 Å². The third-order valence-electron chi connectivity index (χ3n) is 3.31. The molecule has 0 aromatic heterocycles. The summed E-state index contributed by atoms with van der Waals surface area (Å²) in [6.45, 7) is 4.40. The highest BCUT2D eigenvalue weighted by Gasteiger charge is 2.07. The number of benzene rings is 2. The lowest BCUT2D eigenvalue weighted by molar-refractivity contribution is -0.116. The van der Waals surface area contributed by atoms with Crippen LogP contribution in [0.2, 0.25) is 0 Å². The molecule has 0 aliphatic carbocycles. The summed E-state index contributed by atoms with van der Waals surface area (Å²) < 4.78 is 5.72. The molecule has 1 amide bonds. The topological polar surface area (TPSA) is 38.3 Å². The van der Waals surface area contributed by atoms with Crippen LogP contribution in [0.4, 0.5) is 5.69 Å². The predicted molar refractivity (Wildman–Crippen MR) is 92.9 cm³/mol. The maximum atomic E-state index is 12.0. The smallest absolute Gasteiger partial charge is 0.227 e. The first-order valence-electron chi connectivity index (χ1n) is 7.23. The molecule has 0 bridgehead atoms. The molecule has 116 valence electrons. The van der Waals surface area contributed by atoms with Crippen molar-refractivity contribution in [2.24, 2.45) is 0 Å². The second-order valence-electron chi connectivity index (χ2n) is 5.12. The molecule has 0 unspecified atom stereocenters. The van der Waals surface area contributed by atoms with E-state index in [0.29, 0.717) is 13.0 Å². The van der Waals surface area contributed by atoms with Crippen LogP contribution in [0.1, 0.15) is 17.5 Å². The maximum Gasteiger partial charge on any atom is 0.227 e. The Morgan fingerprint density at radius 3 is 2.73 bits per heavy atom. The Kier molecular flexibility index (Phi) is 5.90. The van der Waals surface area contributed by atoms with Crippen LogP contribution in [-0.2, 0) is 4.79 Å². The molecule has 0 fully saturated rings. The minimum atomic E-state index is -0.0354. The van der Waals surface area contributed by atoms with Crippen molar-refractivity contribution in [2.45, 2.75) is 25.2 Å². The van der Waals surface area contributed by atoms with Crippen molar-refractivity contribution < 1.29 is 9.53 Å². The van der Waals surface area contributed by atoms with Crippen molar-refractivity contribution in [3.63, 3.8) is 0 Å². The number of hydrogen-bond donors (Lipinski definition) is 1. The summed E-state index contributed by atoms with van der Waals surface area (Å²) >= 11 is 1.62. The standard InChI is InChI=1S/C18H21NO2S/c1-13-8-9-14(2)16(12-13)21-11-10-18(20)19-15-6-4-5-7-17(15)22-3/h4-9,12H,10-11H2,1-3H3,(H,19,20). The lowest BCUT2D eigenvalue weighted by Gasteiger charge is -2.11. The lowest BCUT2D eigenvalue weighted by Crippen LogP contribution is -2.15. The number of ether oxygens (including phenoxy) is 1. The Morgan fingerprint density at radius 1 is 1.18 bits per heavy atom. The highest BCUT2D eigenvalue weighted by atomic mass is 32.2. The van der Waals surface area contributed by atoms with E-state index in [-0.39, 0.29) is 5.91 Å². The van der Waals surface area contributed by atoms with E-state index in [2.05, 4.69) is 5.32 Å². The van der Waals surface area contributed by atoms with Gasteiger partial charge in [-0.1, -0.05) is 24.3 Å². The number of hydrogen-bond acceptors (Lipinski definition) is 3. The molecule has 0 heterocycles. The number of carbonyl (C=O) groups excluding carboxylic acids is 1.